The van der Waals surface area contributed by atoms with Crippen molar-refractivity contribution in [3.63, 3.8) is 0 Å². The molecular formula is C11H7FN6O2. The average molecular weight is 274 g/mol. The van der Waals surface area contributed by atoms with Crippen molar-refractivity contribution in [1.82, 2.24) is 20.6 Å². The van der Waals surface area contributed by atoms with Crippen LogP contribution in [0.1, 0.15) is 16.2 Å². The first kappa shape index (κ1) is 13.2. The number of anilines is 1. The number of halogens is 1. The summed E-state index contributed by atoms with van der Waals surface area (Å²) in [5.74, 6) is -2.26. The summed E-state index contributed by atoms with van der Waals surface area (Å²) in [6, 6.07) is 5.56. The quantitative estimate of drug-likeness (QED) is 0.710. The Hall–Kier alpha value is -3.28. The predicted molar refractivity (Wildman–Crippen MR) is 64.7 cm³/mol. The van der Waals surface area contributed by atoms with E-state index in [9.17, 15) is 9.18 Å². The van der Waals surface area contributed by atoms with Gasteiger partial charge in [-0.05, 0) is 17.3 Å². The van der Waals surface area contributed by atoms with Gasteiger partial charge in [0, 0.05) is 6.20 Å². The van der Waals surface area contributed by atoms with E-state index in [1.165, 1.54) is 18.3 Å². The summed E-state index contributed by atoms with van der Waals surface area (Å²) in [5.41, 5.74) is -0.498. The fourth-order valence-electron chi connectivity index (χ4n) is 1.43. The second-order valence-corrected chi connectivity index (χ2v) is 3.52. The molecule has 0 bridgehead atoms. The fourth-order valence-corrected chi connectivity index (χ4v) is 1.43. The van der Waals surface area contributed by atoms with Crippen LogP contribution in [0.25, 0.3) is 5.57 Å². The molecule has 0 amide bonds. The van der Waals surface area contributed by atoms with Crippen molar-refractivity contribution in [2.45, 2.75) is 0 Å². The summed E-state index contributed by atoms with van der Waals surface area (Å²) in [6.45, 7) is 0. The molecule has 0 saturated carbocycles. The third-order valence-electron chi connectivity index (χ3n) is 2.31. The van der Waals surface area contributed by atoms with Crippen LogP contribution < -0.4 is 5.32 Å². The summed E-state index contributed by atoms with van der Waals surface area (Å²) in [4.78, 5) is 11.0. The van der Waals surface area contributed by atoms with E-state index in [0.29, 0.717) is 0 Å². The summed E-state index contributed by atoms with van der Waals surface area (Å²) in [6.07, 6.45) is 1.17. The molecule has 8 nitrogen and oxygen atoms in total. The highest BCUT2D eigenvalue weighted by Crippen LogP contribution is 2.19. The summed E-state index contributed by atoms with van der Waals surface area (Å²) in [5, 5.41) is 33.1. The molecule has 1 aromatic carbocycles. The van der Waals surface area contributed by atoms with Gasteiger partial charge >= 0.3 is 5.97 Å². The Bertz CT molecular complexity index is 704. The van der Waals surface area contributed by atoms with Gasteiger partial charge in [-0.3, -0.25) is 0 Å². The number of carboxylic acid groups (broad SMARTS) is 1. The minimum Gasteiger partial charge on any atom is -0.478 e. The Morgan fingerprint density at radius 2 is 2.35 bits per heavy atom. The molecule has 0 atom stereocenters. The van der Waals surface area contributed by atoms with Gasteiger partial charge in [-0.15, -0.1) is 10.2 Å². The molecule has 1 heterocycles. The predicted octanol–water partition coefficient (Wildman–Crippen LogP) is 1.01. The number of nitrogens with zero attached hydrogens (tertiary/aromatic N) is 4. The van der Waals surface area contributed by atoms with Gasteiger partial charge in [-0.25, -0.2) is 9.18 Å². The number of aromatic nitrogens is 4. The standard InChI is InChI=1S/C11H7FN6O2/c12-7-2-1-3-8(9(7)11(19)20)14-5-6(4-13)10-15-17-18-16-10/h1-3,5,14H,(H,19,20)(H,15,16,17,18). The Morgan fingerprint density at radius 3 is 2.95 bits per heavy atom. The van der Waals surface area contributed by atoms with Gasteiger partial charge in [0.15, 0.2) is 0 Å². The zero-order chi connectivity index (χ0) is 14.5. The van der Waals surface area contributed by atoms with Gasteiger partial charge in [0.2, 0.25) is 5.82 Å². The number of hydrogen-bond acceptors (Lipinski definition) is 6. The van der Waals surface area contributed by atoms with Crippen molar-refractivity contribution < 1.29 is 14.3 Å². The van der Waals surface area contributed by atoms with E-state index in [1.54, 1.807) is 0 Å². The first-order valence-corrected chi connectivity index (χ1v) is 5.26. The Morgan fingerprint density at radius 1 is 1.55 bits per heavy atom. The van der Waals surface area contributed by atoms with Crippen molar-refractivity contribution in [3.8, 4) is 6.07 Å². The van der Waals surface area contributed by atoms with Crippen molar-refractivity contribution in [1.29, 1.82) is 5.26 Å². The molecule has 9 heteroatoms. The number of nitrogens with one attached hydrogen (secondary N) is 2. The van der Waals surface area contributed by atoms with Crippen LogP contribution in [0.2, 0.25) is 0 Å². The van der Waals surface area contributed by atoms with E-state index in [4.69, 9.17) is 10.4 Å². The first-order chi connectivity index (χ1) is 9.63. The minimum absolute atomic E-state index is 0.00810. The molecule has 20 heavy (non-hydrogen) atoms. The number of tetrazole rings is 1. The molecule has 2 rings (SSSR count). The zero-order valence-corrected chi connectivity index (χ0v) is 9.83. The van der Waals surface area contributed by atoms with E-state index in [2.05, 4.69) is 25.9 Å². The van der Waals surface area contributed by atoms with Gasteiger partial charge in [-0.1, -0.05) is 6.07 Å². The molecular weight excluding hydrogens is 267 g/mol. The molecule has 2 aromatic rings. The molecule has 100 valence electrons. The molecule has 0 spiro atoms. The van der Waals surface area contributed by atoms with Crippen molar-refractivity contribution in [2.75, 3.05) is 5.32 Å². The minimum atomic E-state index is -1.42. The number of hydrogen-bond donors (Lipinski definition) is 3. The van der Waals surface area contributed by atoms with Gasteiger partial charge in [0.1, 0.15) is 23.0 Å². The molecule has 3 N–H and O–H groups in total. The van der Waals surface area contributed by atoms with E-state index in [-0.39, 0.29) is 17.1 Å². The number of nitriles is 1. The van der Waals surface area contributed by atoms with E-state index < -0.39 is 17.3 Å². The second-order valence-electron chi connectivity index (χ2n) is 3.52. The first-order valence-electron chi connectivity index (χ1n) is 5.26. The molecule has 1 aromatic heterocycles. The number of aromatic carboxylic acids is 1. The van der Waals surface area contributed by atoms with Crippen LogP contribution in [0.15, 0.2) is 24.4 Å². The third kappa shape index (κ3) is 2.59. The topological polar surface area (TPSA) is 128 Å². The van der Waals surface area contributed by atoms with Crippen LogP contribution in [0.5, 0.6) is 0 Å². The number of rotatable bonds is 4. The van der Waals surface area contributed by atoms with Gasteiger partial charge in [-0.2, -0.15) is 10.5 Å². The molecule has 0 aliphatic rings. The number of allylic oxidation sites excluding steroid dienone is 1. The normalized spacial score (nSPS) is 10.9. The van der Waals surface area contributed by atoms with Crippen LogP contribution in [-0.2, 0) is 0 Å². The van der Waals surface area contributed by atoms with Crippen LogP contribution in [-0.4, -0.2) is 31.7 Å². The van der Waals surface area contributed by atoms with Gasteiger partial charge in [0.05, 0.1) is 5.69 Å². The van der Waals surface area contributed by atoms with E-state index in [1.807, 2.05) is 6.07 Å². The summed E-state index contributed by atoms with van der Waals surface area (Å²) >= 11 is 0. The Balaban J connectivity index is 2.34. The smallest absolute Gasteiger partial charge is 0.340 e. The van der Waals surface area contributed by atoms with Crippen molar-refractivity contribution >= 4 is 17.2 Å². The lowest BCUT2D eigenvalue weighted by Gasteiger charge is -2.06. The fraction of sp³-hybridized carbons (Fsp3) is 0. The van der Waals surface area contributed by atoms with Gasteiger partial charge < -0.3 is 10.4 Å². The van der Waals surface area contributed by atoms with E-state index in [0.717, 1.165) is 6.07 Å². The summed E-state index contributed by atoms with van der Waals surface area (Å²) < 4.78 is 13.4. The van der Waals surface area contributed by atoms with Crippen LogP contribution in [0, 0.1) is 17.1 Å². The maximum Gasteiger partial charge on any atom is 0.340 e. The maximum atomic E-state index is 13.4. The number of benzene rings is 1. The third-order valence-corrected chi connectivity index (χ3v) is 2.31. The van der Waals surface area contributed by atoms with Crippen molar-refractivity contribution in [2.24, 2.45) is 0 Å². The zero-order valence-electron chi connectivity index (χ0n) is 9.83. The Kier molecular flexibility index (Phi) is 3.67. The lowest BCUT2D eigenvalue weighted by Crippen LogP contribution is -2.05. The van der Waals surface area contributed by atoms with Crippen LogP contribution in [0.3, 0.4) is 0 Å². The SMILES string of the molecule is N#CC(=CNc1cccc(F)c1C(=O)O)c1nn[nH]n1. The highest BCUT2D eigenvalue weighted by molar-refractivity contribution is 5.95. The molecule has 0 aliphatic carbocycles. The van der Waals surface area contributed by atoms with Crippen LogP contribution >= 0.6 is 0 Å². The molecule has 0 radical (unpaired) electrons. The second kappa shape index (κ2) is 5.57. The van der Waals surface area contributed by atoms with Crippen LogP contribution in [0.4, 0.5) is 10.1 Å². The number of carboxylic acids is 1. The highest BCUT2D eigenvalue weighted by atomic mass is 19.1. The van der Waals surface area contributed by atoms with Gasteiger partial charge in [0.25, 0.3) is 0 Å². The molecule has 0 fully saturated rings. The molecule has 0 aliphatic heterocycles. The van der Waals surface area contributed by atoms with E-state index >= 15 is 0 Å². The monoisotopic (exact) mass is 274 g/mol. The molecule has 0 saturated heterocycles. The summed E-state index contributed by atoms with van der Waals surface area (Å²) in [7, 11) is 0. The number of H-pyrrole nitrogens is 1. The molecule has 0 unspecified atom stereocenters. The largest absolute Gasteiger partial charge is 0.478 e. The number of aromatic amines is 1. The average Bonchev–Trinajstić information content (AvgIpc) is 2.93. The Labute approximate surface area is 111 Å². The maximum absolute atomic E-state index is 13.4. The lowest BCUT2D eigenvalue weighted by atomic mass is 10.1. The van der Waals surface area contributed by atoms with Crippen molar-refractivity contribution in [3.05, 3.63) is 41.6 Å². The lowest BCUT2D eigenvalue weighted by molar-refractivity contribution is 0.0693. The number of carbonyl (C=O) groups is 1. The highest BCUT2D eigenvalue weighted by Gasteiger charge is 2.15.